The third-order valence-corrected chi connectivity index (χ3v) is 3.48. The highest BCUT2D eigenvalue weighted by Crippen LogP contribution is 2.19. The number of benzene rings is 1. The molecule has 0 aliphatic heterocycles. The number of rotatable bonds is 8. The molecule has 0 spiro atoms. The second-order valence-electron chi connectivity index (χ2n) is 4.88. The van der Waals surface area contributed by atoms with Crippen LogP contribution in [0, 0.1) is 5.82 Å². The lowest BCUT2D eigenvalue weighted by Crippen LogP contribution is -2.23. The standard InChI is InChI=1S/C15H23ClFN/c1-2-3-4-5-6-9-13(18)11-12-8-7-10-14(16)15(12)17/h7-8,10,13H,2-6,9,11,18H2,1H3. The van der Waals surface area contributed by atoms with Gasteiger partial charge in [-0.1, -0.05) is 62.8 Å². The molecule has 1 aromatic carbocycles. The second kappa shape index (κ2) is 8.49. The predicted octanol–water partition coefficient (Wildman–Crippen LogP) is 4.71. The number of halogens is 2. The maximum atomic E-state index is 13.7. The summed E-state index contributed by atoms with van der Waals surface area (Å²) >= 11 is 5.74. The van der Waals surface area contributed by atoms with Crippen molar-refractivity contribution in [3.8, 4) is 0 Å². The summed E-state index contributed by atoms with van der Waals surface area (Å²) in [5.74, 6) is -0.319. The molecule has 2 N–H and O–H groups in total. The van der Waals surface area contributed by atoms with Gasteiger partial charge in [-0.05, 0) is 24.5 Å². The molecule has 0 saturated heterocycles. The Morgan fingerprint density at radius 3 is 2.67 bits per heavy atom. The van der Waals surface area contributed by atoms with Gasteiger partial charge in [-0.15, -0.1) is 0 Å². The molecule has 102 valence electrons. The molecule has 0 bridgehead atoms. The van der Waals surface area contributed by atoms with E-state index in [0.717, 1.165) is 12.8 Å². The third-order valence-electron chi connectivity index (χ3n) is 3.19. The van der Waals surface area contributed by atoms with E-state index >= 15 is 0 Å². The zero-order valence-corrected chi connectivity index (χ0v) is 11.8. The van der Waals surface area contributed by atoms with Crippen molar-refractivity contribution in [2.45, 2.75) is 57.9 Å². The lowest BCUT2D eigenvalue weighted by Gasteiger charge is -2.12. The molecule has 0 radical (unpaired) electrons. The molecule has 0 aliphatic rings. The van der Waals surface area contributed by atoms with Gasteiger partial charge in [0, 0.05) is 6.04 Å². The van der Waals surface area contributed by atoms with Crippen molar-refractivity contribution in [1.82, 2.24) is 0 Å². The van der Waals surface area contributed by atoms with Crippen molar-refractivity contribution < 1.29 is 4.39 Å². The summed E-state index contributed by atoms with van der Waals surface area (Å²) in [6.07, 6.45) is 7.69. The van der Waals surface area contributed by atoms with Gasteiger partial charge in [0.2, 0.25) is 0 Å². The molecule has 18 heavy (non-hydrogen) atoms. The van der Waals surface area contributed by atoms with Crippen LogP contribution >= 0.6 is 11.6 Å². The van der Waals surface area contributed by atoms with Crippen LogP contribution in [0.4, 0.5) is 4.39 Å². The van der Waals surface area contributed by atoms with Crippen LogP contribution < -0.4 is 5.73 Å². The van der Waals surface area contributed by atoms with Crippen molar-refractivity contribution in [3.63, 3.8) is 0 Å². The Morgan fingerprint density at radius 2 is 1.94 bits per heavy atom. The van der Waals surface area contributed by atoms with Gasteiger partial charge >= 0.3 is 0 Å². The molecule has 0 amide bonds. The molecule has 1 atom stereocenters. The molecular formula is C15H23ClFN. The van der Waals surface area contributed by atoms with Gasteiger partial charge in [0.05, 0.1) is 5.02 Å². The zero-order chi connectivity index (χ0) is 13.4. The van der Waals surface area contributed by atoms with Crippen LogP contribution in [-0.4, -0.2) is 6.04 Å². The van der Waals surface area contributed by atoms with Crippen molar-refractivity contribution in [1.29, 1.82) is 0 Å². The second-order valence-corrected chi connectivity index (χ2v) is 5.29. The zero-order valence-electron chi connectivity index (χ0n) is 11.1. The van der Waals surface area contributed by atoms with E-state index in [-0.39, 0.29) is 16.9 Å². The van der Waals surface area contributed by atoms with Crippen LogP contribution in [0.1, 0.15) is 51.0 Å². The smallest absolute Gasteiger partial charge is 0.145 e. The Morgan fingerprint density at radius 1 is 1.22 bits per heavy atom. The quantitative estimate of drug-likeness (QED) is 0.681. The SMILES string of the molecule is CCCCCCCC(N)Cc1cccc(Cl)c1F. The summed E-state index contributed by atoms with van der Waals surface area (Å²) in [6, 6.07) is 5.13. The molecule has 0 aromatic heterocycles. The molecule has 0 saturated carbocycles. The van der Waals surface area contributed by atoms with Crippen LogP contribution in [0.5, 0.6) is 0 Å². The van der Waals surface area contributed by atoms with Crippen LogP contribution in [0.15, 0.2) is 18.2 Å². The Bertz CT molecular complexity index is 354. The first-order chi connectivity index (χ1) is 8.65. The number of unbranched alkanes of at least 4 members (excludes halogenated alkanes) is 4. The highest BCUT2D eigenvalue weighted by atomic mass is 35.5. The van der Waals surface area contributed by atoms with Crippen molar-refractivity contribution in [3.05, 3.63) is 34.6 Å². The number of nitrogens with two attached hydrogens (primary N) is 1. The van der Waals surface area contributed by atoms with E-state index in [2.05, 4.69) is 6.92 Å². The number of hydrogen-bond acceptors (Lipinski definition) is 1. The van der Waals surface area contributed by atoms with Crippen LogP contribution in [-0.2, 0) is 6.42 Å². The minimum atomic E-state index is -0.319. The summed E-state index contributed by atoms with van der Waals surface area (Å²) in [5.41, 5.74) is 6.66. The Balaban J connectivity index is 2.31. The predicted molar refractivity (Wildman–Crippen MR) is 76.5 cm³/mol. The molecule has 1 nitrogen and oxygen atoms in total. The Kier molecular flexibility index (Phi) is 7.29. The van der Waals surface area contributed by atoms with Gasteiger partial charge in [-0.2, -0.15) is 0 Å². The van der Waals surface area contributed by atoms with Gasteiger partial charge in [0.15, 0.2) is 0 Å². The molecular weight excluding hydrogens is 249 g/mol. The fraction of sp³-hybridized carbons (Fsp3) is 0.600. The average molecular weight is 272 g/mol. The summed E-state index contributed by atoms with van der Waals surface area (Å²) in [7, 11) is 0. The maximum Gasteiger partial charge on any atom is 0.145 e. The molecule has 0 aliphatic carbocycles. The monoisotopic (exact) mass is 271 g/mol. The van der Waals surface area contributed by atoms with Crippen molar-refractivity contribution in [2.24, 2.45) is 5.73 Å². The van der Waals surface area contributed by atoms with Crippen molar-refractivity contribution in [2.75, 3.05) is 0 Å². The van der Waals surface area contributed by atoms with Gasteiger partial charge in [-0.25, -0.2) is 4.39 Å². The van der Waals surface area contributed by atoms with Gasteiger partial charge < -0.3 is 5.73 Å². The lowest BCUT2D eigenvalue weighted by atomic mass is 10.0. The Hall–Kier alpha value is -0.600. The molecule has 1 rings (SSSR count). The first-order valence-corrected chi connectivity index (χ1v) is 7.21. The van der Waals surface area contributed by atoms with Crippen molar-refractivity contribution >= 4 is 11.6 Å². The molecule has 0 heterocycles. The van der Waals surface area contributed by atoms with Gasteiger partial charge in [-0.3, -0.25) is 0 Å². The van der Waals surface area contributed by atoms with E-state index < -0.39 is 0 Å². The van der Waals surface area contributed by atoms with Crippen LogP contribution in [0.3, 0.4) is 0 Å². The minimum Gasteiger partial charge on any atom is -0.327 e. The highest BCUT2D eigenvalue weighted by Gasteiger charge is 2.10. The van der Waals surface area contributed by atoms with Crippen LogP contribution in [0.2, 0.25) is 5.02 Å². The van der Waals surface area contributed by atoms with E-state index in [1.807, 2.05) is 0 Å². The van der Waals surface area contributed by atoms with E-state index in [1.54, 1.807) is 18.2 Å². The Labute approximate surface area is 115 Å². The van der Waals surface area contributed by atoms with Gasteiger partial charge in [0.25, 0.3) is 0 Å². The van der Waals surface area contributed by atoms with Crippen LogP contribution in [0.25, 0.3) is 0 Å². The summed E-state index contributed by atoms with van der Waals surface area (Å²) < 4.78 is 13.7. The number of hydrogen-bond donors (Lipinski definition) is 1. The van der Waals surface area contributed by atoms with E-state index in [0.29, 0.717) is 12.0 Å². The first-order valence-electron chi connectivity index (χ1n) is 6.83. The minimum absolute atomic E-state index is 0.0274. The normalized spacial score (nSPS) is 12.7. The largest absolute Gasteiger partial charge is 0.327 e. The summed E-state index contributed by atoms with van der Waals surface area (Å²) in [5, 5.41) is 0.183. The maximum absolute atomic E-state index is 13.7. The lowest BCUT2D eigenvalue weighted by molar-refractivity contribution is 0.525. The van der Waals surface area contributed by atoms with E-state index in [4.69, 9.17) is 17.3 Å². The van der Waals surface area contributed by atoms with E-state index in [1.165, 1.54) is 25.7 Å². The molecule has 0 fully saturated rings. The molecule has 3 heteroatoms. The topological polar surface area (TPSA) is 26.0 Å². The third kappa shape index (κ3) is 5.36. The fourth-order valence-corrected chi connectivity index (χ4v) is 2.29. The average Bonchev–Trinajstić information content (AvgIpc) is 2.35. The first kappa shape index (κ1) is 15.5. The summed E-state index contributed by atoms with van der Waals surface area (Å²) in [4.78, 5) is 0. The highest BCUT2D eigenvalue weighted by molar-refractivity contribution is 6.30. The molecule has 1 aromatic rings. The summed E-state index contributed by atoms with van der Waals surface area (Å²) in [6.45, 7) is 2.20. The van der Waals surface area contributed by atoms with E-state index in [9.17, 15) is 4.39 Å². The van der Waals surface area contributed by atoms with Gasteiger partial charge in [0.1, 0.15) is 5.82 Å². The fourth-order valence-electron chi connectivity index (χ4n) is 2.10. The molecule has 1 unspecified atom stereocenters.